The maximum Gasteiger partial charge on any atom is 0.207 e. The van der Waals surface area contributed by atoms with E-state index < -0.39 is 12.2 Å². The Balaban J connectivity index is 1.49. The van der Waals surface area contributed by atoms with Gasteiger partial charge in [-0.15, -0.1) is 16.6 Å². The zero-order chi connectivity index (χ0) is 26.8. The maximum absolute atomic E-state index is 10.6. The largest absolute Gasteiger partial charge is 0.504 e. The highest BCUT2D eigenvalue weighted by Crippen LogP contribution is 2.32. The lowest BCUT2D eigenvalue weighted by atomic mass is 9.95. The summed E-state index contributed by atoms with van der Waals surface area (Å²) in [7, 11) is 0. The first-order valence-electron chi connectivity index (χ1n) is 13.3. The highest BCUT2D eigenvalue weighted by Gasteiger charge is 2.31. The van der Waals surface area contributed by atoms with Gasteiger partial charge in [-0.2, -0.15) is 0 Å². The fourth-order valence-electron chi connectivity index (χ4n) is 4.39. The second-order valence-corrected chi connectivity index (χ2v) is 10.0. The van der Waals surface area contributed by atoms with E-state index in [2.05, 4.69) is 24.2 Å². The summed E-state index contributed by atoms with van der Waals surface area (Å²) < 4.78 is 10.6. The summed E-state index contributed by atoms with van der Waals surface area (Å²) in [6, 6.07) is 5.26. The summed E-state index contributed by atoms with van der Waals surface area (Å²) in [6.45, 7) is 7.19. The number of hydrogen-bond donors (Lipinski definition) is 5. The van der Waals surface area contributed by atoms with Gasteiger partial charge >= 0.3 is 0 Å². The molecule has 4 unspecified atom stereocenters. The highest BCUT2D eigenvalue weighted by atomic mass is 16.5. The van der Waals surface area contributed by atoms with Crippen LogP contribution in [-0.4, -0.2) is 76.0 Å². The molecule has 3 rings (SSSR count). The summed E-state index contributed by atoms with van der Waals surface area (Å²) in [5.74, 6) is 1.52. The van der Waals surface area contributed by atoms with Crippen molar-refractivity contribution in [2.75, 3.05) is 26.3 Å². The first-order valence-corrected chi connectivity index (χ1v) is 13.3. The fourth-order valence-corrected chi connectivity index (χ4v) is 4.39. The number of aryl methyl sites for hydroxylation is 1. The average molecular weight is 516 g/mol. The molecule has 2 aliphatic heterocycles. The number of allylic oxidation sites excluding steroid dienone is 1. The number of aromatic hydroxyl groups is 1. The van der Waals surface area contributed by atoms with Crippen molar-refractivity contribution in [2.24, 2.45) is 10.9 Å². The van der Waals surface area contributed by atoms with E-state index in [0.717, 1.165) is 55.3 Å². The third kappa shape index (κ3) is 8.79. The zero-order valence-corrected chi connectivity index (χ0v) is 22.2. The van der Waals surface area contributed by atoms with Crippen LogP contribution in [0.2, 0.25) is 0 Å². The molecule has 1 aromatic carbocycles. The van der Waals surface area contributed by atoms with Crippen LogP contribution in [0.25, 0.3) is 0 Å². The van der Waals surface area contributed by atoms with Crippen LogP contribution >= 0.6 is 0 Å². The van der Waals surface area contributed by atoms with Gasteiger partial charge in [0.2, 0.25) is 5.70 Å². The Labute approximate surface area is 220 Å². The van der Waals surface area contributed by atoms with Crippen LogP contribution in [0.1, 0.15) is 52.0 Å². The SMILES string of the molecule is CCCCC1[OH+][C-](CCc2ccc(O)c(OCC(O)C3=C[C+](C(C)CNCC(C)O)C=N3)c2)C=C1CO. The fraction of sp³-hybridized carbons (Fsp3) is 0.552. The number of phenols is 1. The number of rotatable bonds is 16. The Morgan fingerprint density at radius 2 is 2.05 bits per heavy atom. The van der Waals surface area contributed by atoms with Gasteiger partial charge < -0.3 is 35.2 Å². The van der Waals surface area contributed by atoms with Crippen molar-refractivity contribution in [2.45, 2.75) is 71.2 Å². The Morgan fingerprint density at radius 1 is 1.24 bits per heavy atom. The molecule has 0 amide bonds. The quantitative estimate of drug-likeness (QED) is 0.170. The lowest BCUT2D eigenvalue weighted by Gasteiger charge is -2.19. The van der Waals surface area contributed by atoms with Gasteiger partial charge in [0.05, 0.1) is 18.1 Å². The minimum atomic E-state index is -0.927. The summed E-state index contributed by atoms with van der Waals surface area (Å²) in [4.78, 5) is 4.34. The molecule has 0 spiro atoms. The van der Waals surface area contributed by atoms with E-state index in [-0.39, 0.29) is 31.0 Å². The highest BCUT2D eigenvalue weighted by molar-refractivity contribution is 5.83. The first-order chi connectivity index (χ1) is 17.8. The molecular weight excluding hydrogens is 472 g/mol. The van der Waals surface area contributed by atoms with Gasteiger partial charge in [0.1, 0.15) is 30.9 Å². The van der Waals surface area contributed by atoms with Crippen LogP contribution in [-0.2, 0) is 6.42 Å². The van der Waals surface area contributed by atoms with E-state index >= 15 is 0 Å². The smallest absolute Gasteiger partial charge is 0.207 e. The summed E-state index contributed by atoms with van der Waals surface area (Å²) in [6.07, 6.45) is 10.0. The second kappa shape index (κ2) is 14.4. The number of aliphatic hydroxyl groups is 5. The topological polar surface area (TPSA) is 127 Å². The Bertz CT molecular complexity index is 944. The Hall–Kier alpha value is -2.49. The first kappa shape index (κ1) is 29.1. The summed E-state index contributed by atoms with van der Waals surface area (Å²) >= 11 is 0. The third-order valence-electron chi connectivity index (χ3n) is 6.68. The predicted molar refractivity (Wildman–Crippen MR) is 145 cm³/mol. The molecule has 2 aliphatic rings. The van der Waals surface area contributed by atoms with Crippen LogP contribution < -0.4 is 10.1 Å². The van der Waals surface area contributed by atoms with Crippen LogP contribution in [0.4, 0.5) is 0 Å². The summed E-state index contributed by atoms with van der Waals surface area (Å²) in [5.41, 5.74) is 2.51. The van der Waals surface area contributed by atoms with Gasteiger partial charge in [0, 0.05) is 26.1 Å². The van der Waals surface area contributed by atoms with Gasteiger partial charge in [-0.05, 0) is 50.8 Å². The standard InChI is InChI=1S/C29H42N2O6/c1-4-5-6-28-23(17-32)12-24(37-28)9-7-21-8-10-26(34)29(11-21)36-18-27(35)25-13-22(16-31-25)19(2)14-30-15-20(3)33/h8,10-13,16,19-20,27-28,30,32-33,35,37H,4-7,9,14-15,17-18H2,1-3H3/p+1. The van der Waals surface area contributed by atoms with Crippen LogP contribution in [0.3, 0.4) is 0 Å². The van der Waals surface area contributed by atoms with Crippen LogP contribution in [0.15, 0.2) is 46.6 Å². The van der Waals surface area contributed by atoms with Gasteiger partial charge in [-0.3, -0.25) is 0 Å². The van der Waals surface area contributed by atoms with Crippen molar-refractivity contribution in [3.8, 4) is 11.5 Å². The molecule has 0 aliphatic carbocycles. The molecule has 0 fully saturated rings. The normalized spacial score (nSPS) is 19.7. The minimum absolute atomic E-state index is 0.0187. The molecule has 1 aromatic rings. The molecule has 204 valence electrons. The maximum atomic E-state index is 10.6. The number of unbranched alkanes of at least 4 members (excludes halogenated alkanes) is 1. The van der Waals surface area contributed by atoms with Crippen molar-refractivity contribution in [3.63, 3.8) is 0 Å². The lowest BCUT2D eigenvalue weighted by molar-refractivity contribution is -0.0550. The molecule has 0 bridgehead atoms. The van der Waals surface area contributed by atoms with E-state index in [1.54, 1.807) is 25.3 Å². The van der Waals surface area contributed by atoms with Gasteiger partial charge in [0.15, 0.2) is 17.6 Å². The molecule has 6 N–H and O–H groups in total. The van der Waals surface area contributed by atoms with E-state index in [4.69, 9.17) is 9.47 Å². The van der Waals surface area contributed by atoms with Gasteiger partial charge in [0.25, 0.3) is 0 Å². The Morgan fingerprint density at radius 3 is 2.78 bits per heavy atom. The number of aliphatic hydroxyl groups excluding tert-OH is 3. The molecule has 0 saturated carbocycles. The zero-order valence-electron chi connectivity index (χ0n) is 22.2. The van der Waals surface area contributed by atoms with Crippen molar-refractivity contribution in [3.05, 3.63) is 59.2 Å². The predicted octanol–water partition coefficient (Wildman–Crippen LogP) is 2.76. The molecule has 4 atom stereocenters. The number of phenolic OH excluding ortho intramolecular Hbond substituents is 1. The number of ether oxygens (including phenoxy) is 2. The van der Waals surface area contributed by atoms with E-state index in [0.29, 0.717) is 24.5 Å². The second-order valence-electron chi connectivity index (χ2n) is 10.0. The monoisotopic (exact) mass is 515 g/mol. The van der Waals surface area contributed by atoms with Crippen molar-refractivity contribution < 1.29 is 29.9 Å². The number of hydrogen-bond acceptors (Lipinski definition) is 7. The van der Waals surface area contributed by atoms with E-state index in [1.165, 1.54) is 0 Å². The third-order valence-corrected chi connectivity index (χ3v) is 6.68. The van der Waals surface area contributed by atoms with Crippen LogP contribution in [0.5, 0.6) is 11.5 Å². The van der Waals surface area contributed by atoms with Crippen molar-refractivity contribution in [1.29, 1.82) is 0 Å². The number of nitrogens with one attached hydrogen (secondary N) is 1. The molecule has 8 nitrogen and oxygen atoms in total. The number of nitrogens with zero attached hydrogens (tertiary/aromatic N) is 1. The molecule has 37 heavy (non-hydrogen) atoms. The number of benzene rings is 1. The molecule has 0 aromatic heterocycles. The van der Waals surface area contributed by atoms with Crippen molar-refractivity contribution in [1.82, 2.24) is 5.32 Å². The summed E-state index contributed by atoms with van der Waals surface area (Å²) in [5, 5.41) is 43.1. The molecule has 0 radical (unpaired) electrons. The minimum Gasteiger partial charge on any atom is -0.504 e. The van der Waals surface area contributed by atoms with Gasteiger partial charge in [-0.25, -0.2) is 0 Å². The molecular formula is C29H43N2O6+. The lowest BCUT2D eigenvalue weighted by Crippen LogP contribution is -2.30. The molecule has 8 heteroatoms. The Kier molecular flexibility index (Phi) is 11.4. The van der Waals surface area contributed by atoms with E-state index in [1.807, 2.05) is 18.2 Å². The molecule has 2 heterocycles. The van der Waals surface area contributed by atoms with Gasteiger partial charge in [-0.1, -0.05) is 19.4 Å². The molecule has 0 saturated heterocycles. The van der Waals surface area contributed by atoms with Crippen molar-refractivity contribution >= 4 is 6.21 Å². The average Bonchev–Trinajstić information content (AvgIpc) is 3.53. The number of aliphatic imine (C=N–C) groups is 1. The van der Waals surface area contributed by atoms with E-state index in [9.17, 15) is 20.4 Å². The van der Waals surface area contributed by atoms with Crippen LogP contribution in [0, 0.1) is 17.9 Å².